The van der Waals surface area contributed by atoms with Gasteiger partial charge in [-0.1, -0.05) is 33.6 Å². The van der Waals surface area contributed by atoms with Crippen LogP contribution in [0.1, 0.15) is 16.8 Å². The summed E-state index contributed by atoms with van der Waals surface area (Å²) in [5.74, 6) is -0.973. The standard InChI is InChI=1S/C12H14BrClFNO2/c1-18-7-8(13)5-6-16-12(17)9-3-2-4-10(15)11(9)14/h2-4,8H,5-7H2,1H3,(H,16,17). The van der Waals surface area contributed by atoms with Crippen molar-refractivity contribution in [2.24, 2.45) is 0 Å². The van der Waals surface area contributed by atoms with Gasteiger partial charge in [0, 0.05) is 18.5 Å². The number of carbonyl (C=O) groups excluding carboxylic acids is 1. The van der Waals surface area contributed by atoms with Crippen molar-refractivity contribution in [1.82, 2.24) is 5.32 Å². The first-order valence-electron chi connectivity index (χ1n) is 5.41. The predicted molar refractivity (Wildman–Crippen MR) is 73.0 cm³/mol. The number of methoxy groups -OCH3 is 1. The Balaban J connectivity index is 2.48. The van der Waals surface area contributed by atoms with E-state index in [4.69, 9.17) is 16.3 Å². The number of rotatable bonds is 6. The topological polar surface area (TPSA) is 38.3 Å². The van der Waals surface area contributed by atoms with Crippen LogP contribution < -0.4 is 5.32 Å². The maximum Gasteiger partial charge on any atom is 0.252 e. The Kier molecular flexibility index (Phi) is 6.60. The average molecular weight is 339 g/mol. The first-order valence-corrected chi connectivity index (χ1v) is 6.70. The Morgan fingerprint density at radius 3 is 3.00 bits per heavy atom. The van der Waals surface area contributed by atoms with Crippen LogP contribution in [0, 0.1) is 5.82 Å². The summed E-state index contributed by atoms with van der Waals surface area (Å²) in [6.07, 6.45) is 0.715. The second kappa shape index (κ2) is 7.71. The van der Waals surface area contributed by atoms with Crippen molar-refractivity contribution in [2.45, 2.75) is 11.2 Å². The number of ether oxygens (including phenoxy) is 1. The minimum Gasteiger partial charge on any atom is -0.384 e. The summed E-state index contributed by atoms with van der Waals surface area (Å²) < 4.78 is 18.1. The van der Waals surface area contributed by atoms with E-state index in [9.17, 15) is 9.18 Å². The number of amides is 1. The molecule has 1 unspecified atom stereocenters. The van der Waals surface area contributed by atoms with Gasteiger partial charge in [0.05, 0.1) is 17.2 Å². The summed E-state index contributed by atoms with van der Waals surface area (Å²) in [6.45, 7) is 1.03. The second-order valence-electron chi connectivity index (χ2n) is 3.70. The third-order valence-corrected chi connectivity index (χ3v) is 3.39. The van der Waals surface area contributed by atoms with Crippen LogP contribution in [0.2, 0.25) is 5.02 Å². The van der Waals surface area contributed by atoms with E-state index in [1.807, 2.05) is 0 Å². The Morgan fingerprint density at radius 2 is 2.33 bits per heavy atom. The molecular weight excluding hydrogens is 324 g/mol. The van der Waals surface area contributed by atoms with Crippen molar-refractivity contribution >= 4 is 33.4 Å². The molecule has 1 atom stereocenters. The van der Waals surface area contributed by atoms with Gasteiger partial charge in [0.25, 0.3) is 5.91 Å². The van der Waals surface area contributed by atoms with Gasteiger partial charge in [-0.25, -0.2) is 4.39 Å². The monoisotopic (exact) mass is 337 g/mol. The zero-order valence-corrected chi connectivity index (χ0v) is 12.2. The molecule has 18 heavy (non-hydrogen) atoms. The molecule has 1 aromatic carbocycles. The molecule has 0 heterocycles. The number of carbonyl (C=O) groups is 1. The van der Waals surface area contributed by atoms with Crippen molar-refractivity contribution in [3.05, 3.63) is 34.6 Å². The first-order chi connectivity index (χ1) is 8.56. The highest BCUT2D eigenvalue weighted by molar-refractivity contribution is 9.09. The van der Waals surface area contributed by atoms with Crippen LogP contribution in [0.4, 0.5) is 4.39 Å². The molecule has 0 spiro atoms. The largest absolute Gasteiger partial charge is 0.384 e. The van der Waals surface area contributed by atoms with Gasteiger partial charge < -0.3 is 10.1 Å². The van der Waals surface area contributed by atoms with Gasteiger partial charge in [-0.3, -0.25) is 4.79 Å². The summed E-state index contributed by atoms with van der Waals surface area (Å²) in [5, 5.41) is 2.53. The smallest absolute Gasteiger partial charge is 0.252 e. The Hall–Kier alpha value is -0.650. The van der Waals surface area contributed by atoms with Crippen molar-refractivity contribution < 1.29 is 13.9 Å². The first kappa shape index (κ1) is 15.4. The molecule has 3 nitrogen and oxygen atoms in total. The van der Waals surface area contributed by atoms with E-state index in [1.54, 1.807) is 7.11 Å². The lowest BCUT2D eigenvalue weighted by Crippen LogP contribution is -2.27. The van der Waals surface area contributed by atoms with E-state index in [-0.39, 0.29) is 21.3 Å². The highest BCUT2D eigenvalue weighted by atomic mass is 79.9. The lowest BCUT2D eigenvalue weighted by molar-refractivity contribution is 0.0951. The molecule has 0 saturated heterocycles. The maximum atomic E-state index is 13.2. The number of hydrogen-bond donors (Lipinski definition) is 1. The fourth-order valence-electron chi connectivity index (χ4n) is 1.38. The summed E-state index contributed by atoms with van der Waals surface area (Å²) in [4.78, 5) is 11.9. The molecule has 0 saturated carbocycles. The zero-order chi connectivity index (χ0) is 13.5. The third kappa shape index (κ3) is 4.55. The minimum atomic E-state index is -0.595. The van der Waals surface area contributed by atoms with Gasteiger partial charge >= 0.3 is 0 Å². The molecule has 1 rings (SSSR count). The molecule has 0 aliphatic heterocycles. The Morgan fingerprint density at radius 1 is 1.61 bits per heavy atom. The summed E-state index contributed by atoms with van der Waals surface area (Å²) in [5.41, 5.74) is 0.148. The molecule has 100 valence electrons. The van der Waals surface area contributed by atoms with Crippen LogP contribution in [0.5, 0.6) is 0 Å². The lowest BCUT2D eigenvalue weighted by Gasteiger charge is -2.10. The SMILES string of the molecule is COCC(Br)CCNC(=O)c1cccc(F)c1Cl. The molecule has 0 aliphatic rings. The highest BCUT2D eigenvalue weighted by Gasteiger charge is 2.13. The molecule has 6 heteroatoms. The Labute approximate surface area is 119 Å². The van der Waals surface area contributed by atoms with Crippen LogP contribution in [0.15, 0.2) is 18.2 Å². The van der Waals surface area contributed by atoms with E-state index in [1.165, 1.54) is 18.2 Å². The number of halogens is 3. The number of hydrogen-bond acceptors (Lipinski definition) is 2. The molecule has 0 radical (unpaired) electrons. The molecule has 1 N–H and O–H groups in total. The quantitative estimate of drug-likeness (QED) is 0.810. The normalized spacial score (nSPS) is 12.2. The fourth-order valence-corrected chi connectivity index (χ4v) is 2.09. The van der Waals surface area contributed by atoms with Crippen molar-refractivity contribution in [1.29, 1.82) is 0 Å². The molecule has 1 aromatic rings. The highest BCUT2D eigenvalue weighted by Crippen LogP contribution is 2.19. The number of alkyl halides is 1. The van der Waals surface area contributed by atoms with Gasteiger partial charge in [0.15, 0.2) is 0 Å². The Bertz CT molecular complexity index is 417. The number of nitrogens with one attached hydrogen (secondary N) is 1. The average Bonchev–Trinajstić information content (AvgIpc) is 2.33. The molecule has 1 amide bonds. The van der Waals surface area contributed by atoms with E-state index >= 15 is 0 Å². The number of benzene rings is 1. The maximum absolute atomic E-state index is 13.2. The minimum absolute atomic E-state index is 0.148. The second-order valence-corrected chi connectivity index (χ2v) is 5.37. The van der Waals surface area contributed by atoms with Gasteiger partial charge in [-0.2, -0.15) is 0 Å². The van der Waals surface area contributed by atoms with E-state index in [0.717, 1.165) is 0 Å². The van der Waals surface area contributed by atoms with E-state index in [0.29, 0.717) is 19.6 Å². The predicted octanol–water partition coefficient (Wildman–Crippen LogP) is 3.01. The molecule has 0 bridgehead atoms. The third-order valence-electron chi connectivity index (χ3n) is 2.29. The van der Waals surface area contributed by atoms with Gasteiger partial charge in [-0.15, -0.1) is 0 Å². The lowest BCUT2D eigenvalue weighted by atomic mass is 10.2. The van der Waals surface area contributed by atoms with Crippen LogP contribution in [-0.4, -0.2) is 31.0 Å². The summed E-state index contributed by atoms with van der Waals surface area (Å²) >= 11 is 9.12. The van der Waals surface area contributed by atoms with Crippen molar-refractivity contribution in [2.75, 3.05) is 20.3 Å². The van der Waals surface area contributed by atoms with Crippen LogP contribution in [-0.2, 0) is 4.74 Å². The summed E-state index contributed by atoms with van der Waals surface area (Å²) in [6, 6.07) is 4.15. The van der Waals surface area contributed by atoms with E-state index in [2.05, 4.69) is 21.2 Å². The molecular formula is C12H14BrClFNO2. The fraction of sp³-hybridized carbons (Fsp3) is 0.417. The van der Waals surface area contributed by atoms with E-state index < -0.39 is 5.82 Å². The molecule has 0 aliphatic carbocycles. The molecule has 0 aromatic heterocycles. The van der Waals surface area contributed by atoms with Gasteiger partial charge in [0.1, 0.15) is 5.82 Å². The van der Waals surface area contributed by atoms with Crippen LogP contribution in [0.25, 0.3) is 0 Å². The van der Waals surface area contributed by atoms with Crippen LogP contribution in [0.3, 0.4) is 0 Å². The van der Waals surface area contributed by atoms with Crippen molar-refractivity contribution in [3.63, 3.8) is 0 Å². The van der Waals surface area contributed by atoms with Gasteiger partial charge in [0.2, 0.25) is 0 Å². The van der Waals surface area contributed by atoms with Crippen molar-refractivity contribution in [3.8, 4) is 0 Å². The molecule has 0 fully saturated rings. The van der Waals surface area contributed by atoms with Crippen LogP contribution >= 0.6 is 27.5 Å². The van der Waals surface area contributed by atoms with Gasteiger partial charge in [-0.05, 0) is 18.6 Å². The zero-order valence-electron chi connectivity index (χ0n) is 9.88. The summed E-state index contributed by atoms with van der Waals surface area (Å²) in [7, 11) is 1.61.